The second kappa shape index (κ2) is 5.24. The third kappa shape index (κ3) is 3.71. The maximum atomic E-state index is 13.3. The first kappa shape index (κ1) is 12.9. The molecular formula is C10H9F2NO4. The van der Waals surface area contributed by atoms with Crippen molar-refractivity contribution in [2.45, 2.75) is 13.5 Å². The molecule has 92 valence electrons. The fraction of sp³-hybridized carbons (Fsp3) is 0.200. The number of esters is 1. The van der Waals surface area contributed by atoms with Gasteiger partial charge in [0.05, 0.1) is 0 Å². The Kier molecular flexibility index (Phi) is 3.97. The number of rotatable bonds is 3. The highest BCUT2D eigenvalue weighted by Crippen LogP contribution is 2.23. The van der Waals surface area contributed by atoms with Crippen molar-refractivity contribution >= 4 is 12.1 Å². The highest BCUT2D eigenvalue weighted by Gasteiger charge is 2.15. The Morgan fingerprint density at radius 1 is 1.29 bits per heavy atom. The van der Waals surface area contributed by atoms with Crippen LogP contribution in [0.4, 0.5) is 13.6 Å². The van der Waals surface area contributed by atoms with Crippen LogP contribution in [0.15, 0.2) is 12.1 Å². The van der Waals surface area contributed by atoms with Gasteiger partial charge >= 0.3 is 12.1 Å². The predicted molar refractivity (Wildman–Crippen MR) is 52.0 cm³/mol. The van der Waals surface area contributed by atoms with Crippen LogP contribution in [0.5, 0.6) is 5.75 Å². The molecule has 1 aromatic rings. The molecule has 0 aliphatic carbocycles. The van der Waals surface area contributed by atoms with E-state index in [9.17, 15) is 18.4 Å². The third-order valence-corrected chi connectivity index (χ3v) is 1.68. The van der Waals surface area contributed by atoms with Gasteiger partial charge in [0.2, 0.25) is 5.75 Å². The summed E-state index contributed by atoms with van der Waals surface area (Å²) in [4.78, 5) is 20.9. The SMILES string of the molecule is CC(=O)Oc1c(F)cc(COC(N)=O)cc1F. The number of ether oxygens (including phenoxy) is 2. The van der Waals surface area contributed by atoms with Crippen LogP contribution in [0.2, 0.25) is 0 Å². The second-order valence-corrected chi connectivity index (χ2v) is 3.09. The topological polar surface area (TPSA) is 78.6 Å². The molecule has 5 nitrogen and oxygen atoms in total. The lowest BCUT2D eigenvalue weighted by atomic mass is 10.2. The standard InChI is InChI=1S/C10H9F2NO4/c1-5(14)17-9-7(11)2-6(3-8(9)12)4-16-10(13)15/h2-3H,4H2,1H3,(H2,13,15). The molecule has 0 saturated heterocycles. The lowest BCUT2D eigenvalue weighted by Gasteiger charge is -2.07. The molecule has 0 heterocycles. The fourth-order valence-corrected chi connectivity index (χ4v) is 1.09. The van der Waals surface area contributed by atoms with E-state index in [-0.39, 0.29) is 12.2 Å². The number of primary amides is 1. The van der Waals surface area contributed by atoms with Gasteiger partial charge in [-0.2, -0.15) is 0 Å². The van der Waals surface area contributed by atoms with Crippen molar-refractivity contribution in [3.63, 3.8) is 0 Å². The lowest BCUT2D eigenvalue weighted by Crippen LogP contribution is -2.13. The quantitative estimate of drug-likeness (QED) is 0.646. The maximum Gasteiger partial charge on any atom is 0.404 e. The average Bonchev–Trinajstić information content (AvgIpc) is 2.20. The van der Waals surface area contributed by atoms with E-state index < -0.39 is 29.4 Å². The number of carbonyl (C=O) groups is 2. The first-order chi connectivity index (χ1) is 7.90. The number of hydrogen-bond acceptors (Lipinski definition) is 4. The van der Waals surface area contributed by atoms with Crippen LogP contribution in [0.25, 0.3) is 0 Å². The van der Waals surface area contributed by atoms with E-state index in [0.717, 1.165) is 19.1 Å². The van der Waals surface area contributed by atoms with Crippen molar-refractivity contribution in [3.8, 4) is 5.75 Å². The Morgan fingerprint density at radius 3 is 2.24 bits per heavy atom. The zero-order chi connectivity index (χ0) is 13.0. The number of hydrogen-bond donors (Lipinski definition) is 1. The van der Waals surface area contributed by atoms with Crippen LogP contribution >= 0.6 is 0 Å². The summed E-state index contributed by atoms with van der Waals surface area (Å²) in [6.07, 6.45) is -1.06. The minimum Gasteiger partial charge on any atom is -0.445 e. The molecule has 0 bridgehead atoms. The molecule has 17 heavy (non-hydrogen) atoms. The second-order valence-electron chi connectivity index (χ2n) is 3.09. The van der Waals surface area contributed by atoms with E-state index in [4.69, 9.17) is 5.73 Å². The van der Waals surface area contributed by atoms with Gasteiger partial charge in [-0.05, 0) is 17.7 Å². The molecular weight excluding hydrogens is 236 g/mol. The summed E-state index contributed by atoms with van der Waals surface area (Å²) < 4.78 is 35.3. The van der Waals surface area contributed by atoms with Crippen LogP contribution in [-0.2, 0) is 16.1 Å². The third-order valence-electron chi connectivity index (χ3n) is 1.68. The van der Waals surface area contributed by atoms with Crippen molar-refractivity contribution in [2.24, 2.45) is 5.73 Å². The van der Waals surface area contributed by atoms with Crippen LogP contribution in [0.3, 0.4) is 0 Å². The van der Waals surface area contributed by atoms with E-state index in [1.807, 2.05) is 0 Å². The molecule has 1 aromatic carbocycles. The van der Waals surface area contributed by atoms with E-state index in [0.29, 0.717) is 0 Å². The Labute approximate surface area is 95.1 Å². The van der Waals surface area contributed by atoms with Crippen molar-refractivity contribution in [3.05, 3.63) is 29.3 Å². The molecule has 0 aliphatic heterocycles. The van der Waals surface area contributed by atoms with Crippen molar-refractivity contribution in [1.29, 1.82) is 0 Å². The molecule has 1 rings (SSSR count). The summed E-state index contributed by atoms with van der Waals surface area (Å²) >= 11 is 0. The monoisotopic (exact) mass is 245 g/mol. The summed E-state index contributed by atoms with van der Waals surface area (Å²) in [5.74, 6) is -3.77. The Hall–Kier alpha value is -2.18. The van der Waals surface area contributed by atoms with Crippen molar-refractivity contribution in [2.75, 3.05) is 0 Å². The lowest BCUT2D eigenvalue weighted by molar-refractivity contribution is -0.132. The summed E-state index contributed by atoms with van der Waals surface area (Å²) in [5.41, 5.74) is 4.74. The molecule has 2 N–H and O–H groups in total. The van der Waals surface area contributed by atoms with Crippen LogP contribution < -0.4 is 10.5 Å². The van der Waals surface area contributed by atoms with Gasteiger partial charge in [0.1, 0.15) is 6.61 Å². The minimum absolute atomic E-state index is 0.0507. The number of nitrogens with two attached hydrogens (primary N) is 1. The van der Waals surface area contributed by atoms with Crippen LogP contribution in [0, 0.1) is 11.6 Å². The van der Waals surface area contributed by atoms with Crippen LogP contribution in [-0.4, -0.2) is 12.1 Å². The predicted octanol–water partition coefficient (Wildman–Crippen LogP) is 1.49. The van der Waals surface area contributed by atoms with Gasteiger partial charge in [-0.25, -0.2) is 13.6 Å². The van der Waals surface area contributed by atoms with Gasteiger partial charge in [0.25, 0.3) is 0 Å². The molecule has 0 saturated carbocycles. The normalized spacial score (nSPS) is 9.82. The fourth-order valence-electron chi connectivity index (χ4n) is 1.09. The minimum atomic E-state index is -1.07. The zero-order valence-electron chi connectivity index (χ0n) is 8.83. The van der Waals surface area contributed by atoms with Gasteiger partial charge in [-0.1, -0.05) is 0 Å². The maximum absolute atomic E-state index is 13.3. The molecule has 0 atom stereocenters. The first-order valence-corrected chi connectivity index (χ1v) is 4.48. The summed E-state index contributed by atoms with van der Waals surface area (Å²) in [5, 5.41) is 0. The number of amides is 1. The van der Waals surface area contributed by atoms with E-state index in [1.165, 1.54) is 0 Å². The first-order valence-electron chi connectivity index (χ1n) is 4.48. The Bertz CT molecular complexity index is 439. The summed E-state index contributed by atoms with van der Waals surface area (Å²) in [6, 6.07) is 1.76. The van der Waals surface area contributed by atoms with Crippen molar-refractivity contribution < 1.29 is 27.8 Å². The molecule has 7 heteroatoms. The number of halogens is 2. The van der Waals surface area contributed by atoms with Gasteiger partial charge in [-0.15, -0.1) is 0 Å². The van der Waals surface area contributed by atoms with Gasteiger partial charge in [0.15, 0.2) is 11.6 Å². The molecule has 0 unspecified atom stereocenters. The molecule has 0 fully saturated rings. The Balaban J connectivity index is 2.92. The Morgan fingerprint density at radius 2 is 1.82 bits per heavy atom. The largest absolute Gasteiger partial charge is 0.445 e. The highest BCUT2D eigenvalue weighted by molar-refractivity contribution is 5.69. The average molecular weight is 245 g/mol. The van der Waals surface area contributed by atoms with E-state index >= 15 is 0 Å². The summed E-state index contributed by atoms with van der Waals surface area (Å²) in [7, 11) is 0. The molecule has 0 aliphatic rings. The molecule has 0 aromatic heterocycles. The number of carbonyl (C=O) groups excluding carboxylic acids is 2. The van der Waals surface area contributed by atoms with E-state index in [1.54, 1.807) is 0 Å². The molecule has 0 spiro atoms. The highest BCUT2D eigenvalue weighted by atomic mass is 19.1. The number of benzene rings is 1. The van der Waals surface area contributed by atoms with Crippen molar-refractivity contribution in [1.82, 2.24) is 0 Å². The van der Waals surface area contributed by atoms with Crippen LogP contribution in [0.1, 0.15) is 12.5 Å². The summed E-state index contributed by atoms with van der Waals surface area (Å²) in [6.45, 7) is 0.645. The van der Waals surface area contributed by atoms with E-state index in [2.05, 4.69) is 9.47 Å². The van der Waals surface area contributed by atoms with Gasteiger partial charge < -0.3 is 15.2 Å². The van der Waals surface area contributed by atoms with Gasteiger partial charge in [0, 0.05) is 6.92 Å². The molecule has 0 radical (unpaired) electrons. The zero-order valence-corrected chi connectivity index (χ0v) is 8.83. The molecule has 1 amide bonds. The van der Waals surface area contributed by atoms with Gasteiger partial charge in [-0.3, -0.25) is 4.79 Å². The smallest absolute Gasteiger partial charge is 0.404 e.